The van der Waals surface area contributed by atoms with Gasteiger partial charge in [0.2, 0.25) is 0 Å². The van der Waals surface area contributed by atoms with E-state index in [0.717, 1.165) is 0 Å². The summed E-state index contributed by atoms with van der Waals surface area (Å²) < 4.78 is 1.38. The standard InChI is InChI=1S/C20H14S/c1-2-6-15(7-3-1)10-11-17-14-21-20-18-9-5-4-8-16(18)12-13-19(17)20/h1-14H. The minimum absolute atomic E-state index is 1.23. The van der Waals surface area contributed by atoms with Crippen LogP contribution >= 0.6 is 11.3 Å². The first-order valence-corrected chi connectivity index (χ1v) is 7.92. The molecule has 3 aromatic carbocycles. The van der Waals surface area contributed by atoms with E-state index in [-0.39, 0.29) is 0 Å². The van der Waals surface area contributed by atoms with Crippen LogP contribution < -0.4 is 0 Å². The minimum Gasteiger partial charge on any atom is -0.143 e. The van der Waals surface area contributed by atoms with E-state index in [4.69, 9.17) is 0 Å². The zero-order valence-electron chi connectivity index (χ0n) is 11.5. The van der Waals surface area contributed by atoms with Crippen LogP contribution in [0.2, 0.25) is 0 Å². The summed E-state index contributed by atoms with van der Waals surface area (Å²) in [4.78, 5) is 0. The molecule has 0 aliphatic rings. The van der Waals surface area contributed by atoms with Crippen LogP contribution in [0, 0.1) is 0 Å². The lowest BCUT2D eigenvalue weighted by Crippen LogP contribution is -1.74. The number of rotatable bonds is 2. The zero-order chi connectivity index (χ0) is 14.1. The smallest absolute Gasteiger partial charge is 0.0427 e. The maximum Gasteiger partial charge on any atom is 0.0427 e. The number of hydrogen-bond donors (Lipinski definition) is 0. The van der Waals surface area contributed by atoms with Crippen molar-refractivity contribution in [1.82, 2.24) is 0 Å². The van der Waals surface area contributed by atoms with Crippen molar-refractivity contribution >= 4 is 44.3 Å². The third-order valence-electron chi connectivity index (χ3n) is 3.75. The van der Waals surface area contributed by atoms with Crippen LogP contribution in [0.4, 0.5) is 0 Å². The molecule has 0 atom stereocenters. The van der Waals surface area contributed by atoms with Crippen molar-refractivity contribution in [2.24, 2.45) is 0 Å². The van der Waals surface area contributed by atoms with Crippen LogP contribution in [-0.4, -0.2) is 0 Å². The summed E-state index contributed by atoms with van der Waals surface area (Å²) in [6, 6.07) is 23.5. The lowest BCUT2D eigenvalue weighted by molar-refractivity contribution is 1.67. The van der Waals surface area contributed by atoms with E-state index >= 15 is 0 Å². The maximum atomic E-state index is 2.25. The molecule has 0 N–H and O–H groups in total. The third kappa shape index (κ3) is 2.26. The highest BCUT2D eigenvalue weighted by Crippen LogP contribution is 2.33. The predicted octanol–water partition coefficient (Wildman–Crippen LogP) is 6.22. The molecular formula is C20H14S. The van der Waals surface area contributed by atoms with Gasteiger partial charge in [0.25, 0.3) is 0 Å². The normalized spacial score (nSPS) is 11.6. The molecule has 0 saturated heterocycles. The van der Waals surface area contributed by atoms with Crippen LogP contribution in [-0.2, 0) is 0 Å². The Morgan fingerprint density at radius 3 is 2.38 bits per heavy atom. The van der Waals surface area contributed by atoms with Gasteiger partial charge in [0.05, 0.1) is 0 Å². The van der Waals surface area contributed by atoms with Crippen molar-refractivity contribution < 1.29 is 0 Å². The lowest BCUT2D eigenvalue weighted by atomic mass is 10.1. The van der Waals surface area contributed by atoms with Crippen molar-refractivity contribution in [3.63, 3.8) is 0 Å². The van der Waals surface area contributed by atoms with Crippen LogP contribution in [0.5, 0.6) is 0 Å². The Labute approximate surface area is 128 Å². The van der Waals surface area contributed by atoms with Crippen molar-refractivity contribution in [1.29, 1.82) is 0 Å². The van der Waals surface area contributed by atoms with E-state index in [2.05, 4.69) is 78.2 Å². The van der Waals surface area contributed by atoms with E-state index in [9.17, 15) is 0 Å². The highest BCUT2D eigenvalue weighted by molar-refractivity contribution is 7.18. The second-order valence-corrected chi connectivity index (χ2v) is 5.98. The van der Waals surface area contributed by atoms with Crippen LogP contribution in [0.1, 0.15) is 11.1 Å². The Kier molecular flexibility index (Phi) is 3.06. The van der Waals surface area contributed by atoms with Gasteiger partial charge in [-0.1, -0.05) is 78.9 Å². The highest BCUT2D eigenvalue weighted by Gasteiger charge is 2.05. The number of benzene rings is 3. The SMILES string of the molecule is C(=Cc1csc2c1ccc1ccccc12)c1ccccc1. The van der Waals surface area contributed by atoms with E-state index in [0.29, 0.717) is 0 Å². The van der Waals surface area contributed by atoms with E-state index in [1.165, 1.54) is 32.0 Å². The topological polar surface area (TPSA) is 0 Å². The summed E-state index contributed by atoms with van der Waals surface area (Å²) >= 11 is 1.83. The van der Waals surface area contributed by atoms with Gasteiger partial charge in [0, 0.05) is 10.1 Å². The monoisotopic (exact) mass is 286 g/mol. The molecule has 0 bridgehead atoms. The van der Waals surface area contributed by atoms with Gasteiger partial charge in [0.15, 0.2) is 0 Å². The second kappa shape index (κ2) is 5.19. The van der Waals surface area contributed by atoms with Gasteiger partial charge in [-0.3, -0.25) is 0 Å². The van der Waals surface area contributed by atoms with Crippen molar-refractivity contribution in [3.8, 4) is 0 Å². The predicted molar refractivity (Wildman–Crippen MR) is 94.7 cm³/mol. The first-order chi connectivity index (χ1) is 10.4. The molecule has 4 rings (SSSR count). The van der Waals surface area contributed by atoms with Crippen LogP contribution in [0.15, 0.2) is 72.1 Å². The van der Waals surface area contributed by atoms with E-state index in [1.807, 2.05) is 17.4 Å². The first kappa shape index (κ1) is 12.4. The summed E-state index contributed by atoms with van der Waals surface area (Å²) in [5, 5.41) is 6.24. The molecule has 0 nitrogen and oxygen atoms in total. The quantitative estimate of drug-likeness (QED) is 0.410. The van der Waals surface area contributed by atoms with E-state index < -0.39 is 0 Å². The van der Waals surface area contributed by atoms with Gasteiger partial charge < -0.3 is 0 Å². The molecular weight excluding hydrogens is 272 g/mol. The molecule has 0 fully saturated rings. The zero-order valence-corrected chi connectivity index (χ0v) is 12.3. The Morgan fingerprint density at radius 1 is 0.667 bits per heavy atom. The summed E-state index contributed by atoms with van der Waals surface area (Å²) in [6.07, 6.45) is 4.39. The fourth-order valence-electron chi connectivity index (χ4n) is 2.66. The Balaban J connectivity index is 1.84. The van der Waals surface area contributed by atoms with Gasteiger partial charge in [0.1, 0.15) is 0 Å². The van der Waals surface area contributed by atoms with Gasteiger partial charge >= 0.3 is 0 Å². The first-order valence-electron chi connectivity index (χ1n) is 7.04. The van der Waals surface area contributed by atoms with E-state index in [1.54, 1.807) is 0 Å². The molecule has 0 aliphatic carbocycles. The van der Waals surface area contributed by atoms with Gasteiger partial charge in [-0.25, -0.2) is 0 Å². The summed E-state index contributed by atoms with van der Waals surface area (Å²) in [5.41, 5.74) is 2.53. The Bertz CT molecular complexity index is 930. The largest absolute Gasteiger partial charge is 0.143 e. The molecule has 0 saturated carbocycles. The average molecular weight is 286 g/mol. The second-order valence-electron chi connectivity index (χ2n) is 5.10. The van der Waals surface area contributed by atoms with Crippen molar-refractivity contribution in [2.45, 2.75) is 0 Å². The summed E-state index contributed by atoms with van der Waals surface area (Å²) in [5.74, 6) is 0. The fourth-order valence-corrected chi connectivity index (χ4v) is 3.74. The van der Waals surface area contributed by atoms with Crippen molar-refractivity contribution in [3.05, 3.63) is 83.2 Å². The molecule has 1 heterocycles. The molecule has 100 valence electrons. The lowest BCUT2D eigenvalue weighted by Gasteiger charge is -1.99. The molecule has 1 aromatic heterocycles. The molecule has 21 heavy (non-hydrogen) atoms. The third-order valence-corrected chi connectivity index (χ3v) is 4.80. The molecule has 0 unspecified atom stereocenters. The van der Waals surface area contributed by atoms with Crippen molar-refractivity contribution in [2.75, 3.05) is 0 Å². The van der Waals surface area contributed by atoms with Gasteiger partial charge in [-0.2, -0.15) is 0 Å². The molecule has 0 radical (unpaired) electrons. The molecule has 1 heteroatoms. The van der Waals surface area contributed by atoms with Crippen LogP contribution in [0.3, 0.4) is 0 Å². The maximum absolute atomic E-state index is 2.25. The Hall–Kier alpha value is -2.38. The van der Waals surface area contributed by atoms with Crippen LogP contribution in [0.25, 0.3) is 33.0 Å². The van der Waals surface area contributed by atoms with Gasteiger partial charge in [-0.15, -0.1) is 11.3 Å². The number of hydrogen-bond acceptors (Lipinski definition) is 1. The summed E-state index contributed by atoms with van der Waals surface area (Å²) in [6.45, 7) is 0. The number of fused-ring (bicyclic) bond motifs is 3. The average Bonchev–Trinajstić information content (AvgIpc) is 2.97. The molecule has 0 spiro atoms. The fraction of sp³-hybridized carbons (Fsp3) is 0. The molecule has 4 aromatic rings. The highest BCUT2D eigenvalue weighted by atomic mass is 32.1. The molecule has 0 amide bonds. The number of thiophene rings is 1. The molecule has 0 aliphatic heterocycles. The summed E-state index contributed by atoms with van der Waals surface area (Å²) in [7, 11) is 0. The van der Waals surface area contributed by atoms with Gasteiger partial charge in [-0.05, 0) is 27.3 Å². The Morgan fingerprint density at radius 2 is 1.48 bits per heavy atom. The minimum atomic E-state index is 1.23.